The molecule has 1 aliphatic rings. The molecule has 0 atom stereocenters. The number of piperidine rings is 1. The summed E-state index contributed by atoms with van der Waals surface area (Å²) in [6.07, 6.45) is 9.03. The van der Waals surface area contributed by atoms with Gasteiger partial charge >= 0.3 is 0 Å². The van der Waals surface area contributed by atoms with Gasteiger partial charge in [0.25, 0.3) is 5.88 Å². The summed E-state index contributed by atoms with van der Waals surface area (Å²) in [6, 6.07) is 1.85. The molecule has 0 radical (unpaired) electrons. The molecule has 94 valence electrons. The summed E-state index contributed by atoms with van der Waals surface area (Å²) in [4.78, 5) is 8.55. The quantitative estimate of drug-likeness (QED) is 0.866. The molecule has 0 aliphatic carbocycles. The molecule has 0 bridgehead atoms. The summed E-state index contributed by atoms with van der Waals surface area (Å²) >= 11 is 0. The topological polar surface area (TPSA) is 64.9 Å². The standard InChI is InChI=1S/C12H15N5O/c1-4-16-17(9-1)11-12(15-8-7-14-11)18-10-2-5-13-6-3-10/h1,4,7-10,13H,2-3,5-6H2. The third kappa shape index (κ3) is 2.33. The molecule has 2 aromatic heterocycles. The summed E-state index contributed by atoms with van der Waals surface area (Å²) in [7, 11) is 0. The number of ether oxygens (including phenoxy) is 1. The highest BCUT2D eigenvalue weighted by atomic mass is 16.5. The van der Waals surface area contributed by atoms with Crippen molar-refractivity contribution in [3.63, 3.8) is 0 Å². The van der Waals surface area contributed by atoms with Crippen molar-refractivity contribution < 1.29 is 4.74 Å². The minimum absolute atomic E-state index is 0.206. The molecule has 1 aliphatic heterocycles. The van der Waals surface area contributed by atoms with Gasteiger partial charge in [-0.1, -0.05) is 0 Å². The van der Waals surface area contributed by atoms with Gasteiger partial charge in [0.05, 0.1) is 0 Å². The molecule has 0 aromatic carbocycles. The lowest BCUT2D eigenvalue weighted by molar-refractivity contribution is 0.154. The summed E-state index contributed by atoms with van der Waals surface area (Å²) in [5.74, 6) is 1.19. The molecule has 0 amide bonds. The van der Waals surface area contributed by atoms with Gasteiger partial charge in [-0.2, -0.15) is 5.10 Å². The molecule has 1 saturated heterocycles. The molecular weight excluding hydrogens is 230 g/mol. The Morgan fingerprint density at radius 1 is 1.17 bits per heavy atom. The molecule has 18 heavy (non-hydrogen) atoms. The molecule has 2 aromatic rings. The number of aromatic nitrogens is 4. The lowest BCUT2D eigenvalue weighted by Gasteiger charge is -2.23. The van der Waals surface area contributed by atoms with E-state index in [1.807, 2.05) is 12.3 Å². The van der Waals surface area contributed by atoms with Crippen LogP contribution in [0.5, 0.6) is 5.88 Å². The maximum absolute atomic E-state index is 5.94. The first-order chi connectivity index (χ1) is 8.93. The Morgan fingerprint density at radius 2 is 2.00 bits per heavy atom. The first-order valence-electron chi connectivity index (χ1n) is 6.12. The summed E-state index contributed by atoms with van der Waals surface area (Å²) < 4.78 is 7.61. The Kier molecular flexibility index (Phi) is 3.18. The van der Waals surface area contributed by atoms with Crippen molar-refractivity contribution in [3.8, 4) is 11.7 Å². The Morgan fingerprint density at radius 3 is 2.78 bits per heavy atom. The van der Waals surface area contributed by atoms with Crippen molar-refractivity contribution >= 4 is 0 Å². The van der Waals surface area contributed by atoms with Gasteiger partial charge in [-0.25, -0.2) is 14.6 Å². The fourth-order valence-electron chi connectivity index (χ4n) is 2.02. The van der Waals surface area contributed by atoms with E-state index in [2.05, 4.69) is 20.4 Å². The number of hydrogen-bond donors (Lipinski definition) is 1. The van der Waals surface area contributed by atoms with Crippen molar-refractivity contribution in [1.82, 2.24) is 25.1 Å². The van der Waals surface area contributed by atoms with E-state index in [1.165, 1.54) is 0 Å². The van der Waals surface area contributed by atoms with Gasteiger partial charge in [-0.15, -0.1) is 0 Å². The monoisotopic (exact) mass is 245 g/mol. The van der Waals surface area contributed by atoms with Crippen LogP contribution in [0, 0.1) is 0 Å². The molecular formula is C12H15N5O. The van der Waals surface area contributed by atoms with Crippen molar-refractivity contribution in [1.29, 1.82) is 0 Å². The molecule has 0 unspecified atom stereocenters. The molecule has 3 heterocycles. The highest BCUT2D eigenvalue weighted by molar-refractivity contribution is 5.32. The van der Waals surface area contributed by atoms with Gasteiger partial charge in [0.1, 0.15) is 6.10 Å². The van der Waals surface area contributed by atoms with Gasteiger partial charge in [0, 0.05) is 24.8 Å². The molecule has 1 fully saturated rings. The lowest BCUT2D eigenvalue weighted by Crippen LogP contribution is -2.34. The van der Waals surface area contributed by atoms with E-state index in [-0.39, 0.29) is 6.10 Å². The average molecular weight is 245 g/mol. The number of nitrogens with one attached hydrogen (secondary N) is 1. The van der Waals surface area contributed by atoms with E-state index in [0.29, 0.717) is 11.7 Å². The maximum Gasteiger partial charge on any atom is 0.260 e. The van der Waals surface area contributed by atoms with E-state index < -0.39 is 0 Å². The molecule has 0 spiro atoms. The van der Waals surface area contributed by atoms with Gasteiger partial charge in [-0.3, -0.25) is 0 Å². The van der Waals surface area contributed by atoms with Crippen LogP contribution in [0.15, 0.2) is 30.9 Å². The van der Waals surface area contributed by atoms with E-state index in [1.54, 1.807) is 23.3 Å². The zero-order valence-electron chi connectivity index (χ0n) is 9.99. The number of nitrogens with zero attached hydrogens (tertiary/aromatic N) is 4. The van der Waals surface area contributed by atoms with Crippen molar-refractivity contribution in [2.75, 3.05) is 13.1 Å². The van der Waals surface area contributed by atoms with E-state index in [9.17, 15) is 0 Å². The zero-order chi connectivity index (χ0) is 12.2. The van der Waals surface area contributed by atoms with Crippen LogP contribution in [0.3, 0.4) is 0 Å². The smallest absolute Gasteiger partial charge is 0.260 e. The van der Waals surface area contributed by atoms with E-state index >= 15 is 0 Å². The fourth-order valence-corrected chi connectivity index (χ4v) is 2.02. The van der Waals surface area contributed by atoms with Crippen LogP contribution in [-0.4, -0.2) is 38.9 Å². The molecule has 6 nitrogen and oxygen atoms in total. The van der Waals surface area contributed by atoms with Crippen LogP contribution >= 0.6 is 0 Å². The van der Waals surface area contributed by atoms with Crippen molar-refractivity contribution in [2.24, 2.45) is 0 Å². The number of rotatable bonds is 3. The predicted octanol–water partition coefficient (Wildman–Crippen LogP) is 0.793. The molecule has 0 saturated carbocycles. The van der Waals surface area contributed by atoms with Crippen LogP contribution < -0.4 is 10.1 Å². The fraction of sp³-hybridized carbons (Fsp3) is 0.417. The molecule has 6 heteroatoms. The second-order valence-corrected chi connectivity index (χ2v) is 4.20. The second-order valence-electron chi connectivity index (χ2n) is 4.20. The SMILES string of the molecule is c1cnn(-c2nccnc2OC2CCNCC2)c1. The van der Waals surface area contributed by atoms with Gasteiger partial charge < -0.3 is 10.1 Å². The van der Waals surface area contributed by atoms with Crippen LogP contribution in [0.4, 0.5) is 0 Å². The largest absolute Gasteiger partial charge is 0.472 e. The van der Waals surface area contributed by atoms with Crippen LogP contribution in [-0.2, 0) is 0 Å². The molecule has 1 N–H and O–H groups in total. The van der Waals surface area contributed by atoms with E-state index in [0.717, 1.165) is 25.9 Å². The van der Waals surface area contributed by atoms with Gasteiger partial charge in [0.2, 0.25) is 5.82 Å². The maximum atomic E-state index is 5.94. The summed E-state index contributed by atoms with van der Waals surface area (Å²) in [5.41, 5.74) is 0. The minimum Gasteiger partial charge on any atom is -0.472 e. The second kappa shape index (κ2) is 5.14. The Balaban J connectivity index is 1.83. The predicted molar refractivity (Wildman–Crippen MR) is 65.7 cm³/mol. The Hall–Kier alpha value is -1.95. The van der Waals surface area contributed by atoms with Crippen LogP contribution in [0.2, 0.25) is 0 Å². The van der Waals surface area contributed by atoms with Gasteiger partial charge in [-0.05, 0) is 32.0 Å². The van der Waals surface area contributed by atoms with Crippen LogP contribution in [0.25, 0.3) is 5.82 Å². The van der Waals surface area contributed by atoms with Gasteiger partial charge in [0.15, 0.2) is 0 Å². The first kappa shape index (κ1) is 11.2. The lowest BCUT2D eigenvalue weighted by atomic mass is 10.1. The number of hydrogen-bond acceptors (Lipinski definition) is 5. The third-order valence-electron chi connectivity index (χ3n) is 2.93. The third-order valence-corrected chi connectivity index (χ3v) is 2.93. The van der Waals surface area contributed by atoms with Crippen molar-refractivity contribution in [3.05, 3.63) is 30.9 Å². The normalized spacial score (nSPS) is 16.7. The highest BCUT2D eigenvalue weighted by Gasteiger charge is 2.18. The summed E-state index contributed by atoms with van der Waals surface area (Å²) in [6.45, 7) is 1.98. The Labute approximate surface area is 105 Å². The molecule has 3 rings (SSSR count). The first-order valence-corrected chi connectivity index (χ1v) is 6.12. The van der Waals surface area contributed by atoms with Crippen LogP contribution in [0.1, 0.15) is 12.8 Å². The zero-order valence-corrected chi connectivity index (χ0v) is 9.99. The minimum atomic E-state index is 0.206. The average Bonchev–Trinajstić information content (AvgIpc) is 2.94. The Bertz CT molecular complexity index is 493. The summed E-state index contributed by atoms with van der Waals surface area (Å²) in [5, 5.41) is 7.47. The van der Waals surface area contributed by atoms with Crippen molar-refractivity contribution in [2.45, 2.75) is 18.9 Å². The van der Waals surface area contributed by atoms with E-state index in [4.69, 9.17) is 4.74 Å². The highest BCUT2D eigenvalue weighted by Crippen LogP contribution is 2.19.